The average molecular weight is 536 g/mol. The maximum atomic E-state index is 13.3. The number of hydrazine groups is 1. The third-order valence-corrected chi connectivity index (χ3v) is 5.66. The van der Waals surface area contributed by atoms with E-state index in [1.54, 1.807) is 38.1 Å². The van der Waals surface area contributed by atoms with Crippen molar-refractivity contribution in [1.82, 2.24) is 20.7 Å². The molecule has 1 unspecified atom stereocenters. The summed E-state index contributed by atoms with van der Waals surface area (Å²) >= 11 is 5.25. The molecule has 1 aromatic rings. The first-order chi connectivity index (χ1) is 17.2. The lowest BCUT2D eigenvalue weighted by molar-refractivity contribution is -0.163. The Bertz CT molecular complexity index is 1120. The van der Waals surface area contributed by atoms with Crippen molar-refractivity contribution in [3.8, 4) is 0 Å². The van der Waals surface area contributed by atoms with Gasteiger partial charge in [-0.1, -0.05) is 26.0 Å². The monoisotopic (exact) mass is 535 g/mol. The number of nitrogens with one attached hydrogen (secondary N) is 2. The van der Waals surface area contributed by atoms with E-state index in [-0.39, 0.29) is 17.5 Å². The van der Waals surface area contributed by atoms with Crippen LogP contribution in [0.5, 0.6) is 0 Å². The maximum Gasteiger partial charge on any atom is 0.326 e. The number of benzene rings is 1. The predicted octanol–water partition coefficient (Wildman–Crippen LogP) is -0.948. The fourth-order valence-corrected chi connectivity index (χ4v) is 3.99. The van der Waals surface area contributed by atoms with Gasteiger partial charge in [-0.05, 0) is 35.8 Å². The number of carbonyl (C=O) groups is 5. The standard InChI is InChI=1S/C22H29N7O7S/c1-10(2)17(20(35)36)27-18(33)15(9-16(31)32)28(11(3)30)29-19(34)14(26-22(29)37)8-12-4-6-13(7-5-12)25-21(23)24/h4-7,10,14-15,17H,8-9H2,1-3H3,(H,26,37)(H,27,33)(H,31,32)(H,35,36)(H4,23,24,25)/t14?,15-,17-/m0/s1. The smallest absolute Gasteiger partial charge is 0.326 e. The van der Waals surface area contributed by atoms with Crippen molar-refractivity contribution in [1.29, 1.82) is 0 Å². The van der Waals surface area contributed by atoms with E-state index in [4.69, 9.17) is 23.7 Å². The maximum absolute atomic E-state index is 13.3. The minimum atomic E-state index is -1.75. The van der Waals surface area contributed by atoms with Crippen molar-refractivity contribution in [2.24, 2.45) is 22.4 Å². The van der Waals surface area contributed by atoms with Crippen LogP contribution < -0.4 is 22.1 Å². The second kappa shape index (κ2) is 12.1. The molecule has 1 heterocycles. The topological polar surface area (TPSA) is 221 Å². The molecule has 15 heteroatoms. The highest BCUT2D eigenvalue weighted by atomic mass is 32.1. The van der Waals surface area contributed by atoms with Gasteiger partial charge in [-0.15, -0.1) is 0 Å². The first-order valence-electron chi connectivity index (χ1n) is 11.1. The summed E-state index contributed by atoms with van der Waals surface area (Å²) in [7, 11) is 0. The minimum absolute atomic E-state index is 0.117. The van der Waals surface area contributed by atoms with Crippen LogP contribution >= 0.6 is 12.2 Å². The van der Waals surface area contributed by atoms with Crippen molar-refractivity contribution < 1.29 is 34.2 Å². The summed E-state index contributed by atoms with van der Waals surface area (Å²) in [4.78, 5) is 66.0. The number of hydrogen-bond acceptors (Lipinski definition) is 7. The predicted molar refractivity (Wildman–Crippen MR) is 135 cm³/mol. The quantitative estimate of drug-likeness (QED) is 0.115. The van der Waals surface area contributed by atoms with E-state index in [9.17, 15) is 34.2 Å². The summed E-state index contributed by atoms with van der Waals surface area (Å²) in [5.74, 6) is -6.07. The van der Waals surface area contributed by atoms with E-state index in [0.717, 1.165) is 11.9 Å². The number of carboxylic acids is 2. The van der Waals surface area contributed by atoms with Crippen LogP contribution in [0.1, 0.15) is 32.8 Å². The van der Waals surface area contributed by atoms with Gasteiger partial charge in [-0.25, -0.2) is 14.8 Å². The fourth-order valence-electron chi connectivity index (χ4n) is 3.67. The van der Waals surface area contributed by atoms with Gasteiger partial charge in [0.2, 0.25) is 11.8 Å². The molecule has 8 N–H and O–H groups in total. The number of aliphatic imine (C=N–C) groups is 1. The average Bonchev–Trinajstić information content (AvgIpc) is 3.04. The Morgan fingerprint density at radius 1 is 1.19 bits per heavy atom. The minimum Gasteiger partial charge on any atom is -0.481 e. The second-order valence-electron chi connectivity index (χ2n) is 8.61. The zero-order chi connectivity index (χ0) is 28.0. The lowest BCUT2D eigenvalue weighted by atomic mass is 10.0. The molecule has 0 radical (unpaired) electrons. The molecule has 0 aliphatic carbocycles. The molecular weight excluding hydrogens is 506 g/mol. The summed E-state index contributed by atoms with van der Waals surface area (Å²) in [6.07, 6.45) is -0.771. The molecule has 3 amide bonds. The van der Waals surface area contributed by atoms with Crippen LogP contribution in [0.2, 0.25) is 0 Å². The normalized spacial score (nSPS) is 16.5. The number of nitrogens with two attached hydrogens (primary N) is 2. The largest absolute Gasteiger partial charge is 0.481 e. The Kier molecular flexibility index (Phi) is 9.48. The Labute approximate surface area is 217 Å². The van der Waals surface area contributed by atoms with Crippen LogP contribution in [-0.4, -0.2) is 79.1 Å². The van der Waals surface area contributed by atoms with Crippen molar-refractivity contribution in [3.63, 3.8) is 0 Å². The van der Waals surface area contributed by atoms with E-state index in [2.05, 4.69) is 15.6 Å². The molecule has 0 aromatic heterocycles. The van der Waals surface area contributed by atoms with E-state index < -0.39 is 60.1 Å². The number of amides is 3. The molecule has 1 aliphatic rings. The van der Waals surface area contributed by atoms with Gasteiger partial charge in [0, 0.05) is 13.3 Å². The Hall–Kier alpha value is -4.27. The number of guanidine groups is 1. The highest BCUT2D eigenvalue weighted by molar-refractivity contribution is 7.80. The number of nitrogens with zero attached hydrogens (tertiary/aromatic N) is 3. The fraction of sp³-hybridized carbons (Fsp3) is 0.409. The number of thiocarbonyl (C=S) groups is 1. The lowest BCUT2D eigenvalue weighted by Crippen LogP contribution is -2.61. The molecule has 1 aromatic carbocycles. The highest BCUT2D eigenvalue weighted by Crippen LogP contribution is 2.21. The van der Waals surface area contributed by atoms with Crippen LogP contribution in [0, 0.1) is 5.92 Å². The summed E-state index contributed by atoms with van der Waals surface area (Å²) in [6.45, 7) is 4.13. The Morgan fingerprint density at radius 3 is 2.24 bits per heavy atom. The molecule has 1 fully saturated rings. The number of carbonyl (C=O) groups excluding carboxylic acids is 3. The Balaban J connectivity index is 2.33. The second-order valence-corrected chi connectivity index (χ2v) is 8.99. The molecule has 1 aliphatic heterocycles. The Morgan fingerprint density at radius 2 is 1.78 bits per heavy atom. The van der Waals surface area contributed by atoms with Gasteiger partial charge in [0.05, 0.1) is 12.1 Å². The summed E-state index contributed by atoms with van der Waals surface area (Å²) < 4.78 is 0. The van der Waals surface area contributed by atoms with Gasteiger partial charge in [0.15, 0.2) is 11.1 Å². The van der Waals surface area contributed by atoms with E-state index in [1.165, 1.54) is 0 Å². The van der Waals surface area contributed by atoms with Crippen molar-refractivity contribution >= 4 is 58.6 Å². The van der Waals surface area contributed by atoms with Crippen LogP contribution in [0.4, 0.5) is 5.69 Å². The van der Waals surface area contributed by atoms with Gasteiger partial charge in [-0.2, -0.15) is 5.01 Å². The zero-order valence-electron chi connectivity index (χ0n) is 20.4. The molecule has 0 bridgehead atoms. The van der Waals surface area contributed by atoms with Crippen molar-refractivity contribution in [3.05, 3.63) is 29.8 Å². The lowest BCUT2D eigenvalue weighted by Gasteiger charge is -2.35. The van der Waals surface area contributed by atoms with Gasteiger partial charge >= 0.3 is 11.9 Å². The molecule has 200 valence electrons. The van der Waals surface area contributed by atoms with Crippen LogP contribution in [0.3, 0.4) is 0 Å². The van der Waals surface area contributed by atoms with Crippen molar-refractivity contribution in [2.45, 2.75) is 51.7 Å². The number of aliphatic carboxylic acids is 2. The van der Waals surface area contributed by atoms with Gasteiger partial charge in [0.1, 0.15) is 18.1 Å². The van der Waals surface area contributed by atoms with Crippen LogP contribution in [0.15, 0.2) is 29.3 Å². The van der Waals surface area contributed by atoms with Crippen molar-refractivity contribution in [2.75, 3.05) is 0 Å². The zero-order valence-corrected chi connectivity index (χ0v) is 21.2. The highest BCUT2D eigenvalue weighted by Gasteiger charge is 2.45. The van der Waals surface area contributed by atoms with E-state index in [0.29, 0.717) is 16.3 Å². The van der Waals surface area contributed by atoms with Gasteiger partial charge < -0.3 is 32.3 Å². The first kappa shape index (κ1) is 29.0. The van der Waals surface area contributed by atoms with Crippen LogP contribution in [-0.2, 0) is 30.4 Å². The third-order valence-electron chi connectivity index (χ3n) is 5.37. The molecule has 3 atom stereocenters. The molecule has 0 saturated carbocycles. The molecule has 14 nitrogen and oxygen atoms in total. The molecule has 1 saturated heterocycles. The van der Waals surface area contributed by atoms with Gasteiger partial charge in [-0.3, -0.25) is 19.2 Å². The number of carboxylic acid groups (broad SMARTS) is 2. The molecular formula is C22H29N7O7S. The molecule has 0 spiro atoms. The third kappa shape index (κ3) is 7.36. The number of rotatable bonds is 11. The van der Waals surface area contributed by atoms with E-state index in [1.807, 2.05) is 0 Å². The summed E-state index contributed by atoms with van der Waals surface area (Å²) in [6, 6.07) is 2.59. The van der Waals surface area contributed by atoms with Crippen LogP contribution in [0.25, 0.3) is 0 Å². The summed E-state index contributed by atoms with van der Waals surface area (Å²) in [5, 5.41) is 25.0. The van der Waals surface area contributed by atoms with E-state index >= 15 is 0 Å². The molecule has 37 heavy (non-hydrogen) atoms. The molecule has 2 rings (SSSR count). The van der Waals surface area contributed by atoms with Gasteiger partial charge in [0.25, 0.3) is 5.91 Å². The SMILES string of the molecule is CC(=O)N([C@@H](CC(=O)O)C(=O)N[C@H](C(=O)O)C(C)C)N1C(=O)C(Cc2ccc(N=C(N)N)cc2)NC1=S. The summed E-state index contributed by atoms with van der Waals surface area (Å²) in [5.41, 5.74) is 11.9. The first-order valence-corrected chi connectivity index (χ1v) is 11.5. The number of hydrogen-bond donors (Lipinski definition) is 6.